The highest BCUT2D eigenvalue weighted by molar-refractivity contribution is 7.89. The minimum Gasteiger partial charge on any atom is -0.326 e. The van der Waals surface area contributed by atoms with Crippen LogP contribution in [-0.4, -0.2) is 44.7 Å². The minimum absolute atomic E-state index is 0.0621. The van der Waals surface area contributed by atoms with Crippen LogP contribution in [0.4, 0.5) is 11.4 Å². The SMILES string of the molecule is Cc1cccc(NC(=O)[C@@H]2CCCN(S(=O)(=O)c3ccc4c(c3)C(C)(C)C(=O)N4C)C2)c1. The Labute approximate surface area is 189 Å². The number of sulfonamides is 1. The fourth-order valence-electron chi connectivity index (χ4n) is 4.60. The van der Waals surface area contributed by atoms with Gasteiger partial charge in [0, 0.05) is 31.5 Å². The average Bonchev–Trinajstić information content (AvgIpc) is 2.94. The zero-order valence-electron chi connectivity index (χ0n) is 18.9. The van der Waals surface area contributed by atoms with Crippen LogP contribution >= 0.6 is 0 Å². The van der Waals surface area contributed by atoms with E-state index in [9.17, 15) is 18.0 Å². The van der Waals surface area contributed by atoms with E-state index >= 15 is 0 Å². The predicted octanol–water partition coefficient (Wildman–Crippen LogP) is 3.29. The number of hydrogen-bond acceptors (Lipinski definition) is 4. The molecule has 1 atom stereocenters. The molecule has 2 aromatic carbocycles. The molecule has 0 spiro atoms. The molecule has 0 unspecified atom stereocenters. The molecular formula is C24H29N3O4S. The number of likely N-dealkylation sites (N-methyl/N-ethyl adjacent to an activating group) is 1. The number of nitrogens with zero attached hydrogens (tertiary/aromatic N) is 2. The molecule has 1 N–H and O–H groups in total. The third-order valence-electron chi connectivity index (χ3n) is 6.52. The van der Waals surface area contributed by atoms with E-state index in [0.29, 0.717) is 30.6 Å². The fraction of sp³-hybridized carbons (Fsp3) is 0.417. The third kappa shape index (κ3) is 3.82. The molecule has 2 aliphatic rings. The maximum Gasteiger partial charge on any atom is 0.243 e. The van der Waals surface area contributed by atoms with Crippen molar-refractivity contribution >= 4 is 33.2 Å². The zero-order valence-corrected chi connectivity index (χ0v) is 19.7. The van der Waals surface area contributed by atoms with Crippen molar-refractivity contribution in [3.8, 4) is 0 Å². The number of amides is 2. The number of anilines is 2. The standard InChI is InChI=1S/C24H29N3O4S/c1-16-7-5-9-18(13-16)25-22(28)17-8-6-12-27(15-17)32(30,31)19-10-11-21-20(14-19)24(2,3)23(29)26(21)4/h5,7,9-11,13-14,17H,6,8,12,15H2,1-4H3,(H,25,28)/t17-/m1/s1. The molecule has 2 amide bonds. The quantitative estimate of drug-likeness (QED) is 0.767. The monoisotopic (exact) mass is 455 g/mol. The summed E-state index contributed by atoms with van der Waals surface area (Å²) in [4.78, 5) is 27.1. The van der Waals surface area contributed by atoms with Crippen LogP contribution in [0.15, 0.2) is 47.4 Å². The number of piperidine rings is 1. The average molecular weight is 456 g/mol. The summed E-state index contributed by atoms with van der Waals surface area (Å²) in [7, 11) is -2.09. The van der Waals surface area contributed by atoms with Crippen molar-refractivity contribution in [2.45, 2.75) is 43.9 Å². The van der Waals surface area contributed by atoms with Crippen LogP contribution in [0.25, 0.3) is 0 Å². The lowest BCUT2D eigenvalue weighted by Crippen LogP contribution is -2.43. The number of benzene rings is 2. The molecule has 0 radical (unpaired) electrons. The van der Waals surface area contributed by atoms with Crippen molar-refractivity contribution < 1.29 is 18.0 Å². The predicted molar refractivity (Wildman–Crippen MR) is 124 cm³/mol. The second-order valence-electron chi connectivity index (χ2n) is 9.23. The van der Waals surface area contributed by atoms with Gasteiger partial charge in [-0.1, -0.05) is 12.1 Å². The van der Waals surface area contributed by atoms with E-state index in [2.05, 4.69) is 5.32 Å². The molecule has 0 aliphatic carbocycles. The molecule has 32 heavy (non-hydrogen) atoms. The van der Waals surface area contributed by atoms with Crippen LogP contribution in [0.1, 0.15) is 37.8 Å². The van der Waals surface area contributed by atoms with Crippen LogP contribution in [0, 0.1) is 12.8 Å². The molecule has 7 nitrogen and oxygen atoms in total. The Balaban J connectivity index is 1.55. The molecule has 0 bridgehead atoms. The Bertz CT molecular complexity index is 1190. The molecule has 2 aromatic rings. The minimum atomic E-state index is -3.79. The number of nitrogens with one attached hydrogen (secondary N) is 1. The van der Waals surface area contributed by atoms with Crippen molar-refractivity contribution in [1.82, 2.24) is 4.31 Å². The van der Waals surface area contributed by atoms with Gasteiger partial charge in [-0.05, 0) is 75.1 Å². The molecule has 0 saturated carbocycles. The van der Waals surface area contributed by atoms with Crippen LogP contribution in [0.5, 0.6) is 0 Å². The third-order valence-corrected chi connectivity index (χ3v) is 8.38. The van der Waals surface area contributed by atoms with Gasteiger partial charge in [-0.15, -0.1) is 0 Å². The summed E-state index contributed by atoms with van der Waals surface area (Å²) < 4.78 is 28.3. The lowest BCUT2D eigenvalue weighted by atomic mass is 9.86. The smallest absolute Gasteiger partial charge is 0.243 e. The highest BCUT2D eigenvalue weighted by atomic mass is 32.2. The number of fused-ring (bicyclic) bond motifs is 1. The molecule has 4 rings (SSSR count). The lowest BCUT2D eigenvalue weighted by Gasteiger charge is -2.31. The molecule has 8 heteroatoms. The van der Waals surface area contributed by atoms with Crippen LogP contribution in [-0.2, 0) is 25.0 Å². The van der Waals surface area contributed by atoms with E-state index in [1.807, 2.05) is 31.2 Å². The van der Waals surface area contributed by atoms with Crippen LogP contribution in [0.2, 0.25) is 0 Å². The van der Waals surface area contributed by atoms with Gasteiger partial charge in [-0.25, -0.2) is 8.42 Å². The number of rotatable bonds is 4. The summed E-state index contributed by atoms with van der Waals surface area (Å²) in [5.74, 6) is -0.650. The summed E-state index contributed by atoms with van der Waals surface area (Å²) in [6.07, 6.45) is 1.25. The van der Waals surface area contributed by atoms with Crippen LogP contribution in [0.3, 0.4) is 0 Å². The first-order chi connectivity index (χ1) is 15.0. The van der Waals surface area contributed by atoms with Crippen molar-refractivity contribution in [3.05, 3.63) is 53.6 Å². The normalized spacial score (nSPS) is 20.8. The number of aryl methyl sites for hydroxylation is 1. The van der Waals surface area contributed by atoms with E-state index in [4.69, 9.17) is 0 Å². The van der Waals surface area contributed by atoms with Gasteiger partial charge in [-0.2, -0.15) is 4.31 Å². The van der Waals surface area contributed by atoms with E-state index in [1.165, 1.54) is 4.31 Å². The summed E-state index contributed by atoms with van der Waals surface area (Å²) >= 11 is 0. The van der Waals surface area contributed by atoms with E-state index in [0.717, 1.165) is 11.3 Å². The first kappa shape index (κ1) is 22.5. The van der Waals surface area contributed by atoms with Gasteiger partial charge in [-0.3, -0.25) is 9.59 Å². The topological polar surface area (TPSA) is 86.8 Å². The maximum absolute atomic E-state index is 13.4. The zero-order chi connectivity index (χ0) is 23.3. The second kappa shape index (κ2) is 8.01. The van der Waals surface area contributed by atoms with Gasteiger partial charge < -0.3 is 10.2 Å². The Morgan fingerprint density at radius 3 is 2.62 bits per heavy atom. The summed E-state index contributed by atoms with van der Waals surface area (Å²) in [5.41, 5.74) is 2.40. The first-order valence-corrected chi connectivity index (χ1v) is 12.3. The lowest BCUT2D eigenvalue weighted by molar-refractivity contribution is -0.122. The van der Waals surface area contributed by atoms with Gasteiger partial charge in [0.2, 0.25) is 21.8 Å². The number of hydrogen-bond donors (Lipinski definition) is 1. The van der Waals surface area contributed by atoms with Gasteiger partial charge in [0.25, 0.3) is 0 Å². The summed E-state index contributed by atoms with van der Waals surface area (Å²) in [6.45, 7) is 6.07. The van der Waals surface area contributed by atoms with Gasteiger partial charge in [0.1, 0.15) is 0 Å². The van der Waals surface area contributed by atoms with Crippen molar-refractivity contribution in [2.75, 3.05) is 30.4 Å². The molecule has 170 valence electrons. The molecule has 2 heterocycles. The Morgan fingerprint density at radius 2 is 1.91 bits per heavy atom. The van der Waals surface area contributed by atoms with Crippen molar-refractivity contribution in [3.63, 3.8) is 0 Å². The fourth-order valence-corrected chi connectivity index (χ4v) is 6.15. The summed E-state index contributed by atoms with van der Waals surface area (Å²) in [6, 6.07) is 12.4. The van der Waals surface area contributed by atoms with Crippen molar-refractivity contribution in [2.24, 2.45) is 5.92 Å². The number of carbonyl (C=O) groups is 2. The second-order valence-corrected chi connectivity index (χ2v) is 11.2. The maximum atomic E-state index is 13.4. The van der Waals surface area contributed by atoms with Crippen molar-refractivity contribution in [1.29, 1.82) is 0 Å². The molecule has 1 fully saturated rings. The first-order valence-electron chi connectivity index (χ1n) is 10.8. The Morgan fingerprint density at radius 1 is 1.16 bits per heavy atom. The molecular weight excluding hydrogens is 426 g/mol. The largest absolute Gasteiger partial charge is 0.326 e. The molecule has 2 aliphatic heterocycles. The summed E-state index contributed by atoms with van der Waals surface area (Å²) in [5, 5.41) is 2.92. The Hall–Kier alpha value is -2.71. The molecule has 0 aromatic heterocycles. The highest BCUT2D eigenvalue weighted by Gasteiger charge is 2.43. The Kier molecular flexibility index (Phi) is 5.63. The van der Waals surface area contributed by atoms with Gasteiger partial charge in [0.05, 0.1) is 16.2 Å². The van der Waals surface area contributed by atoms with Gasteiger partial charge in [0.15, 0.2) is 0 Å². The van der Waals surface area contributed by atoms with E-state index < -0.39 is 21.4 Å². The molecule has 1 saturated heterocycles. The van der Waals surface area contributed by atoms with Gasteiger partial charge >= 0.3 is 0 Å². The van der Waals surface area contributed by atoms with E-state index in [1.54, 1.807) is 44.0 Å². The number of carbonyl (C=O) groups excluding carboxylic acids is 2. The highest BCUT2D eigenvalue weighted by Crippen LogP contribution is 2.42. The van der Waals surface area contributed by atoms with Crippen LogP contribution < -0.4 is 10.2 Å². The van der Waals surface area contributed by atoms with E-state index in [-0.39, 0.29) is 23.3 Å².